The normalized spacial score (nSPS) is 17.2. The summed E-state index contributed by atoms with van der Waals surface area (Å²) in [6.07, 6.45) is -0.575. The number of hydrogen-bond donors (Lipinski definition) is 3. The largest absolute Gasteiger partial charge is 0.492 e. The number of nitrogens with zero attached hydrogens (tertiary/aromatic N) is 3. The predicted octanol–water partition coefficient (Wildman–Crippen LogP) is 6.17. The van der Waals surface area contributed by atoms with Crippen molar-refractivity contribution in [1.29, 1.82) is 0 Å². The number of hydrogen-bond acceptors (Lipinski definition) is 6. The first-order chi connectivity index (χ1) is 17.2. The molecule has 188 valence electrons. The Kier molecular flexibility index (Phi) is 6.67. The van der Waals surface area contributed by atoms with Crippen LogP contribution in [0.5, 0.6) is 5.88 Å². The molecule has 1 aliphatic rings. The number of benzene rings is 2. The van der Waals surface area contributed by atoms with Gasteiger partial charge in [0.2, 0.25) is 5.88 Å². The molecule has 0 spiro atoms. The third-order valence-electron chi connectivity index (χ3n) is 6.23. The van der Waals surface area contributed by atoms with Gasteiger partial charge in [-0.25, -0.2) is 0 Å². The summed E-state index contributed by atoms with van der Waals surface area (Å²) in [4.78, 5) is 6.89. The molecule has 36 heavy (non-hydrogen) atoms. The predicted molar refractivity (Wildman–Crippen MR) is 138 cm³/mol. The van der Waals surface area contributed by atoms with Gasteiger partial charge in [0.1, 0.15) is 4.88 Å². The number of halogens is 4. The summed E-state index contributed by atoms with van der Waals surface area (Å²) in [5, 5.41) is 22.7. The maximum Gasteiger partial charge on any atom is 0.417 e. The monoisotopic (exact) mass is 533 g/mol. The number of rotatable bonds is 5. The van der Waals surface area contributed by atoms with Gasteiger partial charge in [0.25, 0.3) is 0 Å². The van der Waals surface area contributed by atoms with Gasteiger partial charge in [-0.3, -0.25) is 5.10 Å². The number of anilines is 1. The standard InChI is InChI=1S/C25H23ClF3N5OS/c1-2-18-13-34(8-7-30-18)24-32-23(35)22(36-24)19(14-4-6-21-16(9-14)12-31-33-21)10-15-3-5-17(26)11-20(15)25(27,28)29/h3-6,9-12,18,30,35H,2,7-8,13H2,1H3,(H,31,33). The minimum Gasteiger partial charge on any atom is -0.492 e. The molecule has 1 unspecified atom stereocenters. The minimum atomic E-state index is -4.60. The molecule has 6 nitrogen and oxygen atoms in total. The summed E-state index contributed by atoms with van der Waals surface area (Å²) in [6, 6.07) is 9.38. The Hall–Kier alpha value is -3.08. The number of aromatic nitrogens is 3. The Morgan fingerprint density at radius 1 is 1.28 bits per heavy atom. The van der Waals surface area contributed by atoms with Gasteiger partial charge < -0.3 is 15.3 Å². The zero-order valence-electron chi connectivity index (χ0n) is 19.2. The van der Waals surface area contributed by atoms with Crippen LogP contribution in [-0.4, -0.2) is 46.0 Å². The van der Waals surface area contributed by atoms with Crippen molar-refractivity contribution in [3.63, 3.8) is 0 Å². The highest BCUT2D eigenvalue weighted by molar-refractivity contribution is 7.17. The highest BCUT2D eigenvalue weighted by atomic mass is 35.5. The van der Waals surface area contributed by atoms with E-state index in [0.29, 0.717) is 27.2 Å². The summed E-state index contributed by atoms with van der Waals surface area (Å²) in [5.74, 6) is -0.220. The quantitative estimate of drug-likeness (QED) is 0.267. The average molecular weight is 534 g/mol. The summed E-state index contributed by atoms with van der Waals surface area (Å²) in [6.45, 7) is 4.34. The third-order valence-corrected chi connectivity index (χ3v) is 7.61. The molecule has 11 heteroatoms. The Balaban J connectivity index is 1.66. The van der Waals surface area contributed by atoms with Crippen LogP contribution in [0.15, 0.2) is 42.6 Å². The number of nitrogens with one attached hydrogen (secondary N) is 2. The molecule has 0 saturated carbocycles. The van der Waals surface area contributed by atoms with E-state index in [1.165, 1.54) is 29.5 Å². The van der Waals surface area contributed by atoms with Crippen LogP contribution in [0.1, 0.15) is 34.9 Å². The Bertz CT molecular complexity index is 1430. The zero-order chi connectivity index (χ0) is 25.4. The molecule has 0 amide bonds. The van der Waals surface area contributed by atoms with Crippen molar-refractivity contribution in [3.8, 4) is 5.88 Å². The first kappa shape index (κ1) is 24.6. The van der Waals surface area contributed by atoms with E-state index in [9.17, 15) is 18.3 Å². The van der Waals surface area contributed by atoms with Crippen LogP contribution in [0.3, 0.4) is 0 Å². The first-order valence-electron chi connectivity index (χ1n) is 11.4. The van der Waals surface area contributed by atoms with Crippen LogP contribution in [0.2, 0.25) is 5.02 Å². The molecule has 5 rings (SSSR count). The van der Waals surface area contributed by atoms with Gasteiger partial charge in [-0.15, -0.1) is 0 Å². The van der Waals surface area contributed by atoms with Crippen molar-refractivity contribution in [1.82, 2.24) is 20.5 Å². The Morgan fingerprint density at radius 3 is 2.89 bits per heavy atom. The number of H-pyrrole nitrogens is 1. The summed E-state index contributed by atoms with van der Waals surface area (Å²) in [5.41, 5.74) is 0.936. The second-order valence-corrected chi connectivity index (χ2v) is 10.0. The van der Waals surface area contributed by atoms with Gasteiger partial charge in [0.05, 0.1) is 17.3 Å². The number of fused-ring (bicyclic) bond motifs is 1. The van der Waals surface area contributed by atoms with Crippen LogP contribution in [0, 0.1) is 0 Å². The third kappa shape index (κ3) is 4.93. The maximum atomic E-state index is 13.9. The number of aromatic amines is 1. The second-order valence-electron chi connectivity index (χ2n) is 8.61. The van der Waals surface area contributed by atoms with Crippen molar-refractivity contribution < 1.29 is 18.3 Å². The van der Waals surface area contributed by atoms with Gasteiger partial charge in [-0.2, -0.15) is 23.3 Å². The smallest absolute Gasteiger partial charge is 0.417 e. The molecule has 0 aliphatic carbocycles. The van der Waals surface area contributed by atoms with E-state index in [-0.39, 0.29) is 16.5 Å². The van der Waals surface area contributed by atoms with Gasteiger partial charge in [0, 0.05) is 41.7 Å². The lowest BCUT2D eigenvalue weighted by molar-refractivity contribution is -0.137. The van der Waals surface area contributed by atoms with Crippen LogP contribution < -0.4 is 10.2 Å². The molecule has 1 saturated heterocycles. The van der Waals surface area contributed by atoms with Crippen molar-refractivity contribution in [2.45, 2.75) is 25.6 Å². The van der Waals surface area contributed by atoms with E-state index in [4.69, 9.17) is 11.6 Å². The van der Waals surface area contributed by atoms with Crippen LogP contribution in [0.25, 0.3) is 22.6 Å². The number of thiazole rings is 1. The molecule has 1 aliphatic heterocycles. The Morgan fingerprint density at radius 2 is 2.11 bits per heavy atom. The first-order valence-corrected chi connectivity index (χ1v) is 12.6. The molecule has 3 heterocycles. The number of piperazine rings is 1. The lowest BCUT2D eigenvalue weighted by Gasteiger charge is -2.32. The number of aromatic hydroxyl groups is 1. The van der Waals surface area contributed by atoms with E-state index in [1.807, 2.05) is 6.07 Å². The highest BCUT2D eigenvalue weighted by Gasteiger charge is 2.33. The minimum absolute atomic E-state index is 0.00653. The topological polar surface area (TPSA) is 77.1 Å². The van der Waals surface area contributed by atoms with Gasteiger partial charge in [0.15, 0.2) is 5.13 Å². The van der Waals surface area contributed by atoms with Gasteiger partial charge in [-0.05, 0) is 47.9 Å². The summed E-state index contributed by atoms with van der Waals surface area (Å²) < 4.78 is 41.6. The molecule has 2 aromatic heterocycles. The van der Waals surface area contributed by atoms with Crippen molar-refractivity contribution in [3.05, 3.63) is 69.2 Å². The zero-order valence-corrected chi connectivity index (χ0v) is 20.8. The average Bonchev–Trinajstić information content (AvgIpc) is 3.48. The van der Waals surface area contributed by atoms with E-state index in [1.54, 1.807) is 18.3 Å². The molecular weight excluding hydrogens is 511 g/mol. The van der Waals surface area contributed by atoms with Gasteiger partial charge in [-0.1, -0.05) is 42.0 Å². The van der Waals surface area contributed by atoms with Crippen molar-refractivity contribution >= 4 is 50.6 Å². The molecule has 1 atom stereocenters. The molecule has 4 aromatic rings. The van der Waals surface area contributed by atoms with Crippen LogP contribution >= 0.6 is 22.9 Å². The molecule has 2 aromatic carbocycles. The lowest BCUT2D eigenvalue weighted by atomic mass is 9.98. The maximum absolute atomic E-state index is 13.9. The van der Waals surface area contributed by atoms with Gasteiger partial charge >= 0.3 is 6.18 Å². The highest BCUT2D eigenvalue weighted by Crippen LogP contribution is 2.42. The fourth-order valence-corrected chi connectivity index (χ4v) is 5.54. The lowest BCUT2D eigenvalue weighted by Crippen LogP contribution is -2.50. The second kappa shape index (κ2) is 9.76. The van der Waals surface area contributed by atoms with E-state index >= 15 is 0 Å². The van der Waals surface area contributed by atoms with E-state index < -0.39 is 11.7 Å². The van der Waals surface area contributed by atoms with Crippen molar-refractivity contribution in [2.24, 2.45) is 0 Å². The molecule has 0 radical (unpaired) electrons. The van der Waals surface area contributed by atoms with E-state index in [0.717, 1.165) is 43.0 Å². The molecular formula is C25H23ClF3N5OS. The fourth-order valence-electron chi connectivity index (χ4n) is 4.33. The number of alkyl halides is 3. The molecule has 3 N–H and O–H groups in total. The van der Waals surface area contributed by atoms with Crippen LogP contribution in [-0.2, 0) is 6.18 Å². The molecule has 0 bridgehead atoms. The molecule has 1 fully saturated rings. The van der Waals surface area contributed by atoms with Crippen molar-refractivity contribution in [2.75, 3.05) is 24.5 Å². The van der Waals surface area contributed by atoms with Crippen LogP contribution in [0.4, 0.5) is 18.3 Å². The Labute approximate surface area is 214 Å². The fraction of sp³-hybridized carbons (Fsp3) is 0.280. The summed E-state index contributed by atoms with van der Waals surface area (Å²) >= 11 is 7.16. The van der Waals surface area contributed by atoms with E-state index in [2.05, 4.69) is 32.3 Å². The summed E-state index contributed by atoms with van der Waals surface area (Å²) in [7, 11) is 0. The SMILES string of the molecule is CCC1CN(c2nc(O)c(C(=Cc3ccc(Cl)cc3C(F)(F)F)c3ccc4[nH]ncc4c3)s2)CCN1.